The van der Waals surface area contributed by atoms with Gasteiger partial charge in [0.15, 0.2) is 12.4 Å². The predicted molar refractivity (Wildman–Crippen MR) is 85.2 cm³/mol. The van der Waals surface area contributed by atoms with Gasteiger partial charge in [-0.25, -0.2) is 0 Å². The van der Waals surface area contributed by atoms with Gasteiger partial charge in [-0.1, -0.05) is 48.5 Å². The zero-order valence-electron chi connectivity index (χ0n) is 12.5. The first kappa shape index (κ1) is 16.1. The van der Waals surface area contributed by atoms with E-state index in [4.69, 9.17) is 4.74 Å². The van der Waals surface area contributed by atoms with Crippen molar-refractivity contribution < 1.29 is 22.7 Å². The van der Waals surface area contributed by atoms with Crippen molar-refractivity contribution in [2.45, 2.75) is 6.18 Å². The lowest BCUT2D eigenvalue weighted by Crippen LogP contribution is -2.12. The number of fused-ring (bicyclic) bond motifs is 1. The third kappa shape index (κ3) is 3.40. The van der Waals surface area contributed by atoms with Crippen LogP contribution in [0, 0.1) is 0 Å². The van der Waals surface area contributed by atoms with Crippen LogP contribution in [0.25, 0.3) is 10.8 Å². The second-order valence-corrected chi connectivity index (χ2v) is 5.26. The molecule has 3 aromatic rings. The molecule has 0 atom stereocenters. The molecule has 5 heteroatoms. The molecule has 0 heterocycles. The molecule has 0 aromatic heterocycles. The number of hydrogen-bond donors (Lipinski definition) is 0. The van der Waals surface area contributed by atoms with E-state index in [9.17, 15) is 18.0 Å². The van der Waals surface area contributed by atoms with Crippen molar-refractivity contribution in [2.24, 2.45) is 0 Å². The monoisotopic (exact) mass is 330 g/mol. The van der Waals surface area contributed by atoms with Crippen LogP contribution in [0.15, 0.2) is 66.7 Å². The highest BCUT2D eigenvalue weighted by Gasteiger charge is 2.30. The van der Waals surface area contributed by atoms with Crippen molar-refractivity contribution in [1.29, 1.82) is 0 Å². The summed E-state index contributed by atoms with van der Waals surface area (Å²) in [6.45, 7) is -0.237. The lowest BCUT2D eigenvalue weighted by Gasteiger charge is -2.10. The number of carbonyl (C=O) groups excluding carboxylic acids is 1. The van der Waals surface area contributed by atoms with Crippen molar-refractivity contribution in [3.63, 3.8) is 0 Å². The highest BCUT2D eigenvalue weighted by molar-refractivity contribution is 5.97. The Morgan fingerprint density at radius 1 is 0.875 bits per heavy atom. The molecule has 0 N–H and O–H groups in total. The number of Topliss-reactive ketones (excluding diaryl/α,β-unsaturated/α-hetero) is 1. The Labute approximate surface area is 136 Å². The topological polar surface area (TPSA) is 26.3 Å². The van der Waals surface area contributed by atoms with E-state index in [0.717, 1.165) is 35.0 Å². The summed E-state index contributed by atoms with van der Waals surface area (Å²) in [6, 6.07) is 17.2. The third-order valence-electron chi connectivity index (χ3n) is 3.64. The van der Waals surface area contributed by atoms with Crippen LogP contribution in [-0.4, -0.2) is 12.4 Å². The van der Waals surface area contributed by atoms with Crippen molar-refractivity contribution in [1.82, 2.24) is 0 Å². The normalized spacial score (nSPS) is 11.5. The molecule has 122 valence electrons. The van der Waals surface area contributed by atoms with Gasteiger partial charge in [0.05, 0.1) is 5.56 Å². The van der Waals surface area contributed by atoms with Crippen molar-refractivity contribution >= 4 is 16.6 Å². The maximum absolute atomic E-state index is 12.5. The van der Waals surface area contributed by atoms with E-state index in [0.29, 0.717) is 5.75 Å². The fraction of sp³-hybridized carbons (Fsp3) is 0.105. The summed E-state index contributed by atoms with van der Waals surface area (Å²) in [5.74, 6) is 0.185. The van der Waals surface area contributed by atoms with Crippen LogP contribution in [0.3, 0.4) is 0 Å². The molecule has 3 rings (SSSR count). The average Bonchev–Trinajstić information content (AvgIpc) is 2.59. The van der Waals surface area contributed by atoms with Gasteiger partial charge < -0.3 is 4.74 Å². The van der Waals surface area contributed by atoms with Crippen LogP contribution in [-0.2, 0) is 6.18 Å². The highest BCUT2D eigenvalue weighted by atomic mass is 19.4. The lowest BCUT2D eigenvalue weighted by atomic mass is 10.1. The minimum atomic E-state index is -4.42. The molecule has 24 heavy (non-hydrogen) atoms. The molecular formula is C19H13F3O2. The summed E-state index contributed by atoms with van der Waals surface area (Å²) >= 11 is 0. The van der Waals surface area contributed by atoms with Gasteiger partial charge in [-0.3, -0.25) is 4.79 Å². The maximum Gasteiger partial charge on any atom is 0.416 e. The molecule has 0 aliphatic carbocycles. The van der Waals surface area contributed by atoms with E-state index in [1.807, 2.05) is 36.4 Å². The summed E-state index contributed by atoms with van der Waals surface area (Å²) in [5.41, 5.74) is -0.600. The van der Waals surface area contributed by atoms with Gasteiger partial charge in [0.2, 0.25) is 0 Å². The summed E-state index contributed by atoms with van der Waals surface area (Å²) in [4.78, 5) is 12.1. The number of alkyl halides is 3. The Balaban J connectivity index is 1.73. The number of carbonyl (C=O) groups is 1. The number of hydrogen-bond acceptors (Lipinski definition) is 2. The highest BCUT2D eigenvalue weighted by Crippen LogP contribution is 2.29. The van der Waals surface area contributed by atoms with Gasteiger partial charge >= 0.3 is 6.18 Å². The fourth-order valence-electron chi connectivity index (χ4n) is 2.39. The number of ketones is 1. The zero-order chi connectivity index (χ0) is 17.2. The molecule has 0 saturated carbocycles. The van der Waals surface area contributed by atoms with Gasteiger partial charge in [0, 0.05) is 10.9 Å². The molecule has 3 aromatic carbocycles. The van der Waals surface area contributed by atoms with E-state index >= 15 is 0 Å². The third-order valence-corrected chi connectivity index (χ3v) is 3.64. The van der Waals surface area contributed by atoms with Crippen LogP contribution in [0.1, 0.15) is 15.9 Å². The molecule has 0 aliphatic rings. The minimum absolute atomic E-state index is 0.184. The van der Waals surface area contributed by atoms with E-state index in [-0.39, 0.29) is 18.0 Å². The minimum Gasteiger partial charge on any atom is -0.485 e. The molecule has 0 spiro atoms. The molecule has 0 fully saturated rings. The van der Waals surface area contributed by atoms with Gasteiger partial charge in [-0.05, 0) is 23.6 Å². The summed E-state index contributed by atoms with van der Waals surface area (Å²) < 4.78 is 43.1. The first-order valence-electron chi connectivity index (χ1n) is 7.26. The first-order valence-corrected chi connectivity index (χ1v) is 7.26. The van der Waals surface area contributed by atoms with Crippen LogP contribution in [0.5, 0.6) is 5.75 Å². The quantitative estimate of drug-likeness (QED) is 0.621. The Morgan fingerprint density at radius 2 is 1.54 bits per heavy atom. The number of benzene rings is 3. The lowest BCUT2D eigenvalue weighted by molar-refractivity contribution is -0.137. The van der Waals surface area contributed by atoms with E-state index < -0.39 is 11.7 Å². The number of halogens is 3. The van der Waals surface area contributed by atoms with Crippen LogP contribution in [0.2, 0.25) is 0 Å². The second-order valence-electron chi connectivity index (χ2n) is 5.26. The van der Waals surface area contributed by atoms with E-state index in [1.54, 1.807) is 6.07 Å². The zero-order valence-corrected chi connectivity index (χ0v) is 12.5. The predicted octanol–water partition coefficient (Wildman–Crippen LogP) is 5.12. The molecular weight excluding hydrogens is 317 g/mol. The Hall–Kier alpha value is -2.82. The second kappa shape index (κ2) is 6.35. The molecule has 0 amide bonds. The summed E-state index contributed by atoms with van der Waals surface area (Å²) in [6.07, 6.45) is -4.42. The molecule has 0 saturated heterocycles. The van der Waals surface area contributed by atoms with E-state index in [1.165, 1.54) is 0 Å². The smallest absolute Gasteiger partial charge is 0.416 e. The maximum atomic E-state index is 12.5. The molecule has 0 radical (unpaired) electrons. The van der Waals surface area contributed by atoms with Gasteiger partial charge in [0.25, 0.3) is 0 Å². The van der Waals surface area contributed by atoms with E-state index in [2.05, 4.69) is 0 Å². The molecule has 0 bridgehead atoms. The summed E-state index contributed by atoms with van der Waals surface area (Å²) in [7, 11) is 0. The van der Waals surface area contributed by atoms with Crippen LogP contribution in [0.4, 0.5) is 13.2 Å². The van der Waals surface area contributed by atoms with Crippen molar-refractivity contribution in [3.05, 3.63) is 77.9 Å². The van der Waals surface area contributed by atoms with Crippen molar-refractivity contribution in [2.75, 3.05) is 6.61 Å². The fourth-order valence-corrected chi connectivity index (χ4v) is 2.39. The Morgan fingerprint density at radius 3 is 2.25 bits per heavy atom. The Kier molecular flexibility index (Phi) is 4.25. The van der Waals surface area contributed by atoms with Crippen LogP contribution >= 0.6 is 0 Å². The molecule has 0 unspecified atom stereocenters. The van der Waals surface area contributed by atoms with Gasteiger partial charge in [-0.15, -0.1) is 0 Å². The first-order chi connectivity index (χ1) is 11.4. The number of ether oxygens (including phenoxy) is 1. The SMILES string of the molecule is O=C(COc1cccc2ccccc12)c1ccc(C(F)(F)F)cc1. The molecule has 2 nitrogen and oxygen atoms in total. The standard InChI is InChI=1S/C19H13F3O2/c20-19(21,22)15-10-8-14(9-11-15)17(23)12-24-18-7-3-5-13-4-1-2-6-16(13)18/h1-11H,12H2. The van der Waals surface area contributed by atoms with Crippen molar-refractivity contribution in [3.8, 4) is 5.75 Å². The summed E-state index contributed by atoms with van der Waals surface area (Å²) in [5, 5.41) is 1.86. The largest absolute Gasteiger partial charge is 0.485 e. The van der Waals surface area contributed by atoms with Gasteiger partial charge in [-0.2, -0.15) is 13.2 Å². The van der Waals surface area contributed by atoms with Gasteiger partial charge in [0.1, 0.15) is 5.75 Å². The Bertz CT molecular complexity index is 862. The molecule has 0 aliphatic heterocycles. The van der Waals surface area contributed by atoms with Crippen LogP contribution < -0.4 is 4.74 Å². The average molecular weight is 330 g/mol. The number of rotatable bonds is 4.